The summed E-state index contributed by atoms with van der Waals surface area (Å²) >= 11 is 0. The largest absolute Gasteiger partial charge is 0.365 e. The highest BCUT2D eigenvalue weighted by Gasteiger charge is 2.42. The van der Waals surface area contributed by atoms with E-state index in [9.17, 15) is 9.59 Å². The van der Waals surface area contributed by atoms with E-state index in [1.54, 1.807) is 6.20 Å². The number of amides is 2. The fraction of sp³-hybridized carbons (Fsp3) is 0.650. The first-order valence-electron chi connectivity index (χ1n) is 10.6. The lowest BCUT2D eigenvalue weighted by Crippen LogP contribution is -2.56. The molecule has 2 aromatic rings. The van der Waals surface area contributed by atoms with Crippen molar-refractivity contribution in [2.24, 2.45) is 5.92 Å². The molecule has 2 aliphatic heterocycles. The van der Waals surface area contributed by atoms with Gasteiger partial charge in [-0.2, -0.15) is 0 Å². The minimum atomic E-state index is -0.437. The SMILES string of the molecule is Cc1nccn1CC(=O)N1CCCC2(C1)Cn1nnc(CNC(=O)C3CC3)c1CO2. The van der Waals surface area contributed by atoms with E-state index in [1.807, 2.05) is 27.3 Å². The zero-order valence-electron chi connectivity index (χ0n) is 17.2. The second-order valence-electron chi connectivity index (χ2n) is 8.63. The summed E-state index contributed by atoms with van der Waals surface area (Å²) in [5.41, 5.74) is 1.24. The maximum Gasteiger partial charge on any atom is 0.242 e. The average molecular weight is 413 g/mol. The number of carbonyl (C=O) groups is 2. The van der Waals surface area contributed by atoms with Crippen molar-refractivity contribution in [1.29, 1.82) is 0 Å². The Morgan fingerprint density at radius 3 is 2.97 bits per heavy atom. The number of aryl methyl sites for hydroxylation is 1. The van der Waals surface area contributed by atoms with Gasteiger partial charge in [-0.05, 0) is 32.6 Å². The van der Waals surface area contributed by atoms with Crippen LogP contribution in [0.5, 0.6) is 0 Å². The van der Waals surface area contributed by atoms with Gasteiger partial charge in [-0.15, -0.1) is 5.10 Å². The Morgan fingerprint density at radius 2 is 2.20 bits per heavy atom. The van der Waals surface area contributed by atoms with Crippen LogP contribution in [0.4, 0.5) is 0 Å². The standard InChI is InChI=1S/C20H27N7O3/c1-14-21-6-8-25(14)10-18(28)26-7-2-5-20(12-26)13-27-17(11-30-20)16(23-24-27)9-22-19(29)15-3-4-15/h6,8,15H,2-5,7,9-13H2,1H3,(H,22,29). The van der Waals surface area contributed by atoms with Crippen LogP contribution in [0, 0.1) is 12.8 Å². The molecule has 4 heterocycles. The summed E-state index contributed by atoms with van der Waals surface area (Å²) in [7, 11) is 0. The lowest BCUT2D eigenvalue weighted by molar-refractivity contribution is -0.153. The number of hydrogen-bond acceptors (Lipinski definition) is 6. The quantitative estimate of drug-likeness (QED) is 0.760. The van der Waals surface area contributed by atoms with Gasteiger partial charge in [-0.25, -0.2) is 9.67 Å². The molecule has 0 radical (unpaired) electrons. The minimum absolute atomic E-state index is 0.0756. The Hall–Kier alpha value is -2.75. The molecule has 1 saturated carbocycles. The zero-order valence-corrected chi connectivity index (χ0v) is 17.2. The summed E-state index contributed by atoms with van der Waals surface area (Å²) in [5.74, 6) is 1.18. The van der Waals surface area contributed by atoms with Gasteiger partial charge in [0, 0.05) is 24.9 Å². The zero-order chi connectivity index (χ0) is 20.7. The van der Waals surface area contributed by atoms with E-state index in [0.717, 1.165) is 49.4 Å². The number of likely N-dealkylation sites (tertiary alicyclic amines) is 1. The van der Waals surface area contributed by atoms with Crippen LogP contribution >= 0.6 is 0 Å². The number of piperidine rings is 1. The third-order valence-electron chi connectivity index (χ3n) is 6.37. The summed E-state index contributed by atoms with van der Waals surface area (Å²) < 4.78 is 10.1. The van der Waals surface area contributed by atoms with E-state index < -0.39 is 5.60 Å². The Bertz CT molecular complexity index is 964. The number of fused-ring (bicyclic) bond motifs is 1. The van der Waals surface area contributed by atoms with Gasteiger partial charge in [-0.3, -0.25) is 9.59 Å². The lowest BCUT2D eigenvalue weighted by atomic mass is 9.91. The molecule has 0 aromatic carbocycles. The summed E-state index contributed by atoms with van der Waals surface area (Å²) in [4.78, 5) is 30.8. The number of aromatic nitrogens is 5. The third kappa shape index (κ3) is 3.71. The van der Waals surface area contributed by atoms with Gasteiger partial charge in [0.05, 0.1) is 31.9 Å². The number of nitrogens with zero attached hydrogens (tertiary/aromatic N) is 6. The number of rotatable bonds is 5. The molecule has 1 spiro atoms. The fourth-order valence-corrected chi connectivity index (χ4v) is 4.37. The maximum absolute atomic E-state index is 12.8. The van der Waals surface area contributed by atoms with Crippen molar-refractivity contribution in [2.75, 3.05) is 13.1 Å². The van der Waals surface area contributed by atoms with Crippen LogP contribution in [-0.4, -0.2) is 59.9 Å². The predicted molar refractivity (Wildman–Crippen MR) is 105 cm³/mol. The molecule has 1 saturated heterocycles. The highest BCUT2D eigenvalue weighted by atomic mass is 16.5. The van der Waals surface area contributed by atoms with Gasteiger partial charge < -0.3 is 19.5 Å². The third-order valence-corrected chi connectivity index (χ3v) is 6.37. The summed E-state index contributed by atoms with van der Waals surface area (Å²) in [5, 5.41) is 11.5. The van der Waals surface area contributed by atoms with E-state index in [2.05, 4.69) is 20.6 Å². The number of imidazole rings is 1. The first-order valence-corrected chi connectivity index (χ1v) is 10.6. The molecule has 1 N–H and O–H groups in total. The Morgan fingerprint density at radius 1 is 1.33 bits per heavy atom. The van der Waals surface area contributed by atoms with Crippen molar-refractivity contribution in [3.63, 3.8) is 0 Å². The molecular formula is C20H27N7O3. The van der Waals surface area contributed by atoms with Crippen molar-refractivity contribution in [3.05, 3.63) is 29.6 Å². The number of hydrogen-bond donors (Lipinski definition) is 1. The molecule has 5 rings (SSSR count). The summed E-state index contributed by atoms with van der Waals surface area (Å²) in [6, 6.07) is 0. The highest BCUT2D eigenvalue weighted by Crippen LogP contribution is 2.33. The number of carbonyl (C=O) groups excluding carboxylic acids is 2. The van der Waals surface area contributed by atoms with E-state index in [4.69, 9.17) is 4.74 Å². The summed E-state index contributed by atoms with van der Waals surface area (Å²) in [6.45, 7) is 4.82. The Kier molecular flexibility index (Phi) is 4.80. The van der Waals surface area contributed by atoms with Gasteiger partial charge in [0.2, 0.25) is 11.8 Å². The Balaban J connectivity index is 1.23. The molecule has 1 unspecified atom stereocenters. The first-order chi connectivity index (χ1) is 14.5. The second-order valence-corrected chi connectivity index (χ2v) is 8.63. The normalized spacial score (nSPS) is 23.4. The molecule has 10 heteroatoms. The van der Waals surface area contributed by atoms with Crippen molar-refractivity contribution in [1.82, 2.24) is 34.8 Å². The monoisotopic (exact) mass is 413 g/mol. The topological polar surface area (TPSA) is 107 Å². The molecule has 2 amide bonds. The number of ether oxygens (including phenoxy) is 1. The molecule has 0 bridgehead atoms. The van der Waals surface area contributed by atoms with E-state index in [0.29, 0.717) is 32.8 Å². The van der Waals surface area contributed by atoms with Crippen LogP contribution in [0.1, 0.15) is 42.9 Å². The molecule has 2 fully saturated rings. The van der Waals surface area contributed by atoms with Crippen LogP contribution < -0.4 is 5.32 Å². The van der Waals surface area contributed by atoms with Crippen LogP contribution in [0.15, 0.2) is 12.4 Å². The first kappa shape index (κ1) is 19.2. The number of nitrogens with one attached hydrogen (secondary N) is 1. The molecule has 160 valence electrons. The Labute approximate surface area is 174 Å². The maximum atomic E-state index is 12.8. The van der Waals surface area contributed by atoms with Crippen LogP contribution in [-0.2, 0) is 40.6 Å². The van der Waals surface area contributed by atoms with E-state index in [1.165, 1.54) is 0 Å². The van der Waals surface area contributed by atoms with E-state index in [-0.39, 0.29) is 17.7 Å². The van der Waals surface area contributed by atoms with Gasteiger partial charge >= 0.3 is 0 Å². The summed E-state index contributed by atoms with van der Waals surface area (Å²) in [6.07, 6.45) is 7.27. The predicted octanol–water partition coefficient (Wildman–Crippen LogP) is 0.401. The smallest absolute Gasteiger partial charge is 0.242 e. The molecule has 1 aliphatic carbocycles. The van der Waals surface area contributed by atoms with Gasteiger partial charge in [0.25, 0.3) is 0 Å². The molecule has 3 aliphatic rings. The van der Waals surface area contributed by atoms with Crippen molar-refractivity contribution >= 4 is 11.8 Å². The molecular weight excluding hydrogens is 386 g/mol. The minimum Gasteiger partial charge on any atom is -0.365 e. The van der Waals surface area contributed by atoms with Crippen molar-refractivity contribution in [3.8, 4) is 0 Å². The van der Waals surface area contributed by atoms with Crippen LogP contribution in [0.25, 0.3) is 0 Å². The van der Waals surface area contributed by atoms with Crippen molar-refractivity contribution < 1.29 is 14.3 Å². The van der Waals surface area contributed by atoms with Crippen molar-refractivity contribution in [2.45, 2.75) is 64.4 Å². The van der Waals surface area contributed by atoms with Crippen LogP contribution in [0.2, 0.25) is 0 Å². The molecule has 30 heavy (non-hydrogen) atoms. The van der Waals surface area contributed by atoms with Crippen LogP contribution in [0.3, 0.4) is 0 Å². The highest BCUT2D eigenvalue weighted by molar-refractivity contribution is 5.80. The second kappa shape index (κ2) is 7.50. The average Bonchev–Trinajstić information content (AvgIpc) is 3.42. The molecule has 10 nitrogen and oxygen atoms in total. The van der Waals surface area contributed by atoms with Gasteiger partial charge in [0.1, 0.15) is 23.7 Å². The van der Waals surface area contributed by atoms with Gasteiger partial charge in [0.15, 0.2) is 0 Å². The molecule has 2 aromatic heterocycles. The lowest BCUT2D eigenvalue weighted by Gasteiger charge is -2.44. The fourth-order valence-electron chi connectivity index (χ4n) is 4.37. The van der Waals surface area contributed by atoms with Gasteiger partial charge in [-0.1, -0.05) is 5.21 Å². The van der Waals surface area contributed by atoms with E-state index >= 15 is 0 Å². The molecule has 1 atom stereocenters.